The minimum Gasteiger partial charge on any atom is -0.497 e. The fraction of sp³-hybridized carbons (Fsp3) is 0.0833. The average Bonchev–Trinajstić information content (AvgIpc) is 2.68. The van der Waals surface area contributed by atoms with Crippen LogP contribution in [0, 0.1) is 26.0 Å². The van der Waals surface area contributed by atoms with Gasteiger partial charge in [-0.15, -0.1) is 41.0 Å². The van der Waals surface area contributed by atoms with Crippen LogP contribution in [0.3, 0.4) is 0 Å². The topological polar surface area (TPSA) is 35.0 Å². The van der Waals surface area contributed by atoms with Gasteiger partial charge < -0.3 is 14.7 Å². The van der Waals surface area contributed by atoms with Gasteiger partial charge in [-0.25, -0.2) is 0 Å². The molecule has 0 bridgehead atoms. The summed E-state index contributed by atoms with van der Waals surface area (Å²) in [7, 11) is 0. The van der Waals surface area contributed by atoms with Crippen molar-refractivity contribution in [2.45, 2.75) is 13.8 Å². The summed E-state index contributed by atoms with van der Waals surface area (Å²) in [6.45, 7) is 4.09. The second kappa shape index (κ2) is 8.93. The van der Waals surface area contributed by atoms with Crippen molar-refractivity contribution in [1.29, 1.82) is 0 Å². The van der Waals surface area contributed by atoms with Gasteiger partial charge in [0.25, 0.3) is 0 Å². The van der Waals surface area contributed by atoms with E-state index in [2.05, 4.69) is 35.1 Å². The fourth-order valence-electron chi connectivity index (χ4n) is 2.85. The molecule has 4 heteroatoms. The van der Waals surface area contributed by atoms with Gasteiger partial charge in [-0.2, -0.15) is 0 Å². The Morgan fingerprint density at radius 1 is 0.679 bits per heavy atom. The summed E-state index contributed by atoms with van der Waals surface area (Å²) in [5.41, 5.74) is 5.79. The summed E-state index contributed by atoms with van der Waals surface area (Å²) in [4.78, 5) is 8.82. The molecule has 2 heterocycles. The smallest absolute Gasteiger partial charge is 0.497 e. The second-order valence-corrected chi connectivity index (χ2v) is 6.40. The summed E-state index contributed by atoms with van der Waals surface area (Å²) >= 11 is 0. The number of hydrogen-bond acceptors (Lipinski definition) is 3. The van der Waals surface area contributed by atoms with Crippen LogP contribution in [-0.4, -0.2) is 9.97 Å². The SMILES string of the molecule is Cc1cc(Oc2[c-]c(-c3ccccn3)ccc2)[c-]c(-c2cc(C)ccn2)c1.[Pd+2]. The van der Waals surface area contributed by atoms with Crippen LogP contribution in [-0.2, 0) is 20.4 Å². The third kappa shape index (κ3) is 4.72. The Morgan fingerprint density at radius 2 is 1.50 bits per heavy atom. The molecule has 2 aromatic carbocycles. The Hall–Kier alpha value is -2.80. The van der Waals surface area contributed by atoms with Gasteiger partial charge in [0.15, 0.2) is 0 Å². The molecule has 0 fully saturated rings. The van der Waals surface area contributed by atoms with Crippen molar-refractivity contribution in [3.05, 3.63) is 96.3 Å². The molecule has 140 valence electrons. The Bertz CT molecular complexity index is 1080. The molecule has 2 aromatic heterocycles. The first kappa shape index (κ1) is 20.0. The van der Waals surface area contributed by atoms with Gasteiger partial charge in [-0.3, -0.25) is 0 Å². The molecule has 0 unspecified atom stereocenters. The Morgan fingerprint density at radius 3 is 2.29 bits per heavy atom. The molecular weight excluding hydrogens is 439 g/mol. The molecule has 4 rings (SSSR count). The molecule has 0 saturated heterocycles. The van der Waals surface area contributed by atoms with E-state index < -0.39 is 0 Å². The first-order chi connectivity index (χ1) is 13.2. The number of pyridine rings is 2. The maximum absolute atomic E-state index is 6.05. The number of ether oxygens (including phenoxy) is 1. The molecule has 0 aliphatic rings. The van der Waals surface area contributed by atoms with E-state index >= 15 is 0 Å². The number of rotatable bonds is 4. The van der Waals surface area contributed by atoms with Crippen LogP contribution in [0.25, 0.3) is 22.5 Å². The molecule has 0 saturated carbocycles. The predicted octanol–water partition coefficient (Wildman–Crippen LogP) is 5.82. The summed E-state index contributed by atoms with van der Waals surface area (Å²) in [5, 5.41) is 0. The van der Waals surface area contributed by atoms with Gasteiger partial charge in [0.1, 0.15) is 0 Å². The van der Waals surface area contributed by atoms with E-state index in [1.165, 1.54) is 0 Å². The van der Waals surface area contributed by atoms with E-state index in [1.807, 2.05) is 67.7 Å². The molecular formula is C24H18N2OPd. The molecule has 0 aliphatic heterocycles. The van der Waals surface area contributed by atoms with Gasteiger partial charge in [0.2, 0.25) is 0 Å². The Labute approximate surface area is 179 Å². The molecule has 0 N–H and O–H groups in total. The zero-order valence-corrected chi connectivity index (χ0v) is 17.1. The van der Waals surface area contributed by atoms with Crippen molar-refractivity contribution in [2.24, 2.45) is 0 Å². The Balaban J connectivity index is 0.00000225. The van der Waals surface area contributed by atoms with E-state index in [1.54, 1.807) is 6.20 Å². The van der Waals surface area contributed by atoms with E-state index in [4.69, 9.17) is 4.74 Å². The maximum atomic E-state index is 6.05. The third-order valence-electron chi connectivity index (χ3n) is 4.11. The number of benzene rings is 2. The number of nitrogens with zero attached hydrogens (tertiary/aromatic N) is 2. The molecule has 28 heavy (non-hydrogen) atoms. The minimum atomic E-state index is 0. The van der Waals surface area contributed by atoms with Gasteiger partial charge in [-0.1, -0.05) is 48.9 Å². The quantitative estimate of drug-likeness (QED) is 0.287. The van der Waals surface area contributed by atoms with E-state index in [9.17, 15) is 0 Å². The fourth-order valence-corrected chi connectivity index (χ4v) is 2.85. The number of hydrogen-bond donors (Lipinski definition) is 0. The largest absolute Gasteiger partial charge is 2.00 e. The molecule has 0 spiro atoms. The zero-order chi connectivity index (χ0) is 18.6. The normalized spacial score (nSPS) is 10.2. The summed E-state index contributed by atoms with van der Waals surface area (Å²) < 4.78 is 6.05. The molecule has 0 radical (unpaired) electrons. The van der Waals surface area contributed by atoms with Crippen molar-refractivity contribution < 1.29 is 25.2 Å². The van der Waals surface area contributed by atoms with Crippen LogP contribution in [0.5, 0.6) is 11.5 Å². The van der Waals surface area contributed by atoms with Crippen molar-refractivity contribution in [3.8, 4) is 34.0 Å². The molecule has 0 amide bonds. The monoisotopic (exact) mass is 456 g/mol. The zero-order valence-electron chi connectivity index (χ0n) is 15.5. The molecule has 0 aliphatic carbocycles. The predicted molar refractivity (Wildman–Crippen MR) is 107 cm³/mol. The van der Waals surface area contributed by atoms with Crippen molar-refractivity contribution in [1.82, 2.24) is 9.97 Å². The van der Waals surface area contributed by atoms with Crippen LogP contribution >= 0.6 is 0 Å². The first-order valence-corrected chi connectivity index (χ1v) is 8.76. The van der Waals surface area contributed by atoms with Crippen LogP contribution in [0.15, 0.2) is 73.1 Å². The van der Waals surface area contributed by atoms with Gasteiger partial charge in [0, 0.05) is 23.9 Å². The van der Waals surface area contributed by atoms with Gasteiger partial charge in [-0.05, 0) is 30.4 Å². The first-order valence-electron chi connectivity index (χ1n) is 8.76. The standard InChI is InChI=1S/C24H18N2O.Pd/c1-17-9-11-26-24(14-17)20-12-18(2)13-22(16-20)27-21-7-5-6-19(15-21)23-8-3-4-10-25-23;/h3-14H,1-2H3;/q-2;+2. The van der Waals surface area contributed by atoms with Crippen LogP contribution < -0.4 is 4.74 Å². The van der Waals surface area contributed by atoms with Crippen molar-refractivity contribution in [3.63, 3.8) is 0 Å². The summed E-state index contributed by atoms with van der Waals surface area (Å²) in [6.07, 6.45) is 3.58. The van der Waals surface area contributed by atoms with Crippen molar-refractivity contribution in [2.75, 3.05) is 0 Å². The van der Waals surface area contributed by atoms with E-state index in [0.717, 1.165) is 33.6 Å². The minimum absolute atomic E-state index is 0. The van der Waals surface area contributed by atoms with Crippen LogP contribution in [0.4, 0.5) is 0 Å². The number of aromatic nitrogens is 2. The van der Waals surface area contributed by atoms with Crippen LogP contribution in [0.1, 0.15) is 11.1 Å². The molecule has 4 aromatic rings. The summed E-state index contributed by atoms with van der Waals surface area (Å²) in [6, 6.07) is 26.2. The number of aryl methyl sites for hydroxylation is 2. The van der Waals surface area contributed by atoms with E-state index in [-0.39, 0.29) is 20.4 Å². The van der Waals surface area contributed by atoms with Crippen molar-refractivity contribution >= 4 is 0 Å². The van der Waals surface area contributed by atoms with E-state index in [0.29, 0.717) is 11.5 Å². The third-order valence-corrected chi connectivity index (χ3v) is 4.11. The van der Waals surface area contributed by atoms with Crippen LogP contribution in [0.2, 0.25) is 0 Å². The molecule has 3 nitrogen and oxygen atoms in total. The summed E-state index contributed by atoms with van der Waals surface area (Å²) in [5.74, 6) is 1.27. The van der Waals surface area contributed by atoms with Gasteiger partial charge in [0.05, 0.1) is 0 Å². The van der Waals surface area contributed by atoms with Gasteiger partial charge >= 0.3 is 20.4 Å². The Kier molecular flexibility index (Phi) is 6.36. The average molecular weight is 457 g/mol. The second-order valence-electron chi connectivity index (χ2n) is 6.40. The molecule has 0 atom stereocenters. The maximum Gasteiger partial charge on any atom is 2.00 e.